The Bertz CT molecular complexity index is 164. The highest BCUT2D eigenvalue weighted by Crippen LogP contribution is 2.14. The van der Waals surface area contributed by atoms with Crippen molar-refractivity contribution in [1.82, 2.24) is 4.90 Å². The molecule has 1 atom stereocenters. The normalized spacial score (nSPS) is 12.6. The third kappa shape index (κ3) is 5.50. The molecule has 0 heterocycles. The quantitative estimate of drug-likeness (QED) is 0.657. The molecule has 3 nitrogen and oxygen atoms in total. The van der Waals surface area contributed by atoms with Crippen molar-refractivity contribution >= 4 is 17.7 Å². The molecule has 0 spiro atoms. The van der Waals surface area contributed by atoms with Crippen LogP contribution in [0.4, 0.5) is 0 Å². The van der Waals surface area contributed by atoms with Gasteiger partial charge >= 0.3 is 0 Å². The summed E-state index contributed by atoms with van der Waals surface area (Å²) in [7, 11) is 1.73. The molecular formula is C10H21NO2S. The minimum Gasteiger partial charge on any atom is -0.395 e. The number of aliphatic hydroxyl groups is 1. The highest BCUT2D eigenvalue weighted by molar-refractivity contribution is 8.00. The Morgan fingerprint density at radius 2 is 2.21 bits per heavy atom. The molecule has 14 heavy (non-hydrogen) atoms. The van der Waals surface area contributed by atoms with E-state index in [1.54, 1.807) is 23.7 Å². The van der Waals surface area contributed by atoms with E-state index in [1.165, 1.54) is 6.42 Å². The summed E-state index contributed by atoms with van der Waals surface area (Å²) >= 11 is 1.69. The molecule has 0 aliphatic carbocycles. The molecule has 0 aromatic rings. The van der Waals surface area contributed by atoms with Crippen molar-refractivity contribution in [2.75, 3.05) is 26.0 Å². The first-order valence-electron chi connectivity index (χ1n) is 5.10. The number of hydrogen-bond acceptors (Lipinski definition) is 3. The molecule has 0 fully saturated rings. The maximum absolute atomic E-state index is 11.6. The van der Waals surface area contributed by atoms with E-state index >= 15 is 0 Å². The summed E-state index contributed by atoms with van der Waals surface area (Å²) in [5, 5.41) is 8.69. The summed E-state index contributed by atoms with van der Waals surface area (Å²) < 4.78 is 0. The topological polar surface area (TPSA) is 40.5 Å². The molecule has 0 saturated heterocycles. The predicted octanol–water partition coefficient (Wildman–Crippen LogP) is 1.36. The van der Waals surface area contributed by atoms with Gasteiger partial charge in [0.05, 0.1) is 11.9 Å². The summed E-state index contributed by atoms with van der Waals surface area (Å²) in [5.41, 5.74) is 0. The van der Waals surface area contributed by atoms with Gasteiger partial charge in [0.2, 0.25) is 5.91 Å². The molecule has 84 valence electrons. The van der Waals surface area contributed by atoms with E-state index in [2.05, 4.69) is 6.92 Å². The number of rotatable bonds is 7. The highest BCUT2D eigenvalue weighted by Gasteiger charge is 2.16. The highest BCUT2D eigenvalue weighted by atomic mass is 32.2. The van der Waals surface area contributed by atoms with Crippen molar-refractivity contribution in [2.24, 2.45) is 0 Å². The Labute approximate surface area is 90.9 Å². The molecule has 0 radical (unpaired) electrons. The molecule has 1 amide bonds. The number of likely N-dealkylation sites (N-methyl/N-ethyl adjacent to an activating group) is 1. The summed E-state index contributed by atoms with van der Waals surface area (Å²) in [6, 6.07) is 0. The summed E-state index contributed by atoms with van der Waals surface area (Å²) in [6.45, 7) is 4.54. The van der Waals surface area contributed by atoms with Gasteiger partial charge in [-0.05, 0) is 19.1 Å². The van der Waals surface area contributed by atoms with E-state index in [1.807, 2.05) is 6.92 Å². The second kappa shape index (κ2) is 8.12. The number of carbonyl (C=O) groups is 1. The average molecular weight is 219 g/mol. The first-order valence-corrected chi connectivity index (χ1v) is 6.15. The Kier molecular flexibility index (Phi) is 7.99. The smallest absolute Gasteiger partial charge is 0.235 e. The van der Waals surface area contributed by atoms with Gasteiger partial charge in [-0.15, -0.1) is 11.8 Å². The zero-order valence-electron chi connectivity index (χ0n) is 9.32. The lowest BCUT2D eigenvalue weighted by Crippen LogP contribution is -2.35. The minimum absolute atomic E-state index is 0.0121. The van der Waals surface area contributed by atoms with Crippen molar-refractivity contribution < 1.29 is 9.90 Å². The zero-order chi connectivity index (χ0) is 11.0. The van der Waals surface area contributed by atoms with Crippen LogP contribution in [0.1, 0.15) is 26.7 Å². The van der Waals surface area contributed by atoms with Gasteiger partial charge in [0, 0.05) is 13.6 Å². The standard InChI is InChI=1S/C10H21NO2S/c1-4-5-8-14-9(2)10(13)11(3)6-7-12/h9,12H,4-8H2,1-3H3. The monoisotopic (exact) mass is 219 g/mol. The number of unbranched alkanes of at least 4 members (excludes halogenated alkanes) is 1. The van der Waals surface area contributed by atoms with Gasteiger partial charge < -0.3 is 10.0 Å². The summed E-state index contributed by atoms with van der Waals surface area (Å²) in [6.07, 6.45) is 2.33. The summed E-state index contributed by atoms with van der Waals surface area (Å²) in [5.74, 6) is 1.15. The van der Waals surface area contributed by atoms with Crippen molar-refractivity contribution in [3.05, 3.63) is 0 Å². The number of carbonyl (C=O) groups excluding carboxylic acids is 1. The van der Waals surface area contributed by atoms with E-state index < -0.39 is 0 Å². The number of hydrogen-bond donors (Lipinski definition) is 1. The molecule has 0 aliphatic rings. The lowest BCUT2D eigenvalue weighted by atomic mass is 10.4. The van der Waals surface area contributed by atoms with Crippen LogP contribution in [0.3, 0.4) is 0 Å². The second-order valence-corrected chi connectivity index (χ2v) is 4.80. The molecule has 4 heteroatoms. The minimum atomic E-state index is 0.0121. The third-order valence-corrected chi connectivity index (χ3v) is 3.25. The van der Waals surface area contributed by atoms with Crippen molar-refractivity contribution in [3.8, 4) is 0 Å². The molecular weight excluding hydrogens is 198 g/mol. The zero-order valence-corrected chi connectivity index (χ0v) is 10.1. The van der Waals surface area contributed by atoms with Crippen LogP contribution >= 0.6 is 11.8 Å². The van der Waals surface area contributed by atoms with Crippen molar-refractivity contribution in [2.45, 2.75) is 31.9 Å². The van der Waals surface area contributed by atoms with Gasteiger partial charge in [-0.25, -0.2) is 0 Å². The van der Waals surface area contributed by atoms with Crippen LogP contribution in [0.5, 0.6) is 0 Å². The molecule has 1 N–H and O–H groups in total. The van der Waals surface area contributed by atoms with Gasteiger partial charge in [-0.3, -0.25) is 4.79 Å². The Balaban J connectivity index is 3.74. The van der Waals surface area contributed by atoms with Crippen LogP contribution in [-0.4, -0.2) is 47.1 Å². The molecule has 1 unspecified atom stereocenters. The second-order valence-electron chi connectivity index (χ2n) is 3.35. The fraction of sp³-hybridized carbons (Fsp3) is 0.900. The molecule has 0 aromatic heterocycles. The Hall–Kier alpha value is -0.220. The van der Waals surface area contributed by atoms with Crippen LogP contribution in [0, 0.1) is 0 Å². The van der Waals surface area contributed by atoms with E-state index in [4.69, 9.17) is 5.11 Å². The van der Waals surface area contributed by atoms with Crippen LogP contribution in [0.2, 0.25) is 0 Å². The van der Waals surface area contributed by atoms with Gasteiger partial charge in [0.1, 0.15) is 0 Å². The lowest BCUT2D eigenvalue weighted by molar-refractivity contribution is -0.129. The van der Waals surface area contributed by atoms with Gasteiger partial charge in [-0.2, -0.15) is 0 Å². The van der Waals surface area contributed by atoms with Crippen LogP contribution in [-0.2, 0) is 4.79 Å². The Morgan fingerprint density at radius 3 is 2.71 bits per heavy atom. The van der Waals surface area contributed by atoms with Gasteiger partial charge in [0.15, 0.2) is 0 Å². The number of amides is 1. The molecule has 0 rings (SSSR count). The number of nitrogens with zero attached hydrogens (tertiary/aromatic N) is 1. The molecule has 0 saturated carbocycles. The largest absolute Gasteiger partial charge is 0.395 e. The first kappa shape index (κ1) is 13.8. The van der Waals surface area contributed by atoms with E-state index in [-0.39, 0.29) is 17.8 Å². The van der Waals surface area contributed by atoms with Gasteiger partial charge in [-0.1, -0.05) is 13.3 Å². The number of aliphatic hydroxyl groups excluding tert-OH is 1. The molecule has 0 aliphatic heterocycles. The van der Waals surface area contributed by atoms with Crippen LogP contribution in [0.15, 0.2) is 0 Å². The molecule has 0 aromatic carbocycles. The lowest BCUT2D eigenvalue weighted by Gasteiger charge is -2.19. The fourth-order valence-electron chi connectivity index (χ4n) is 1.05. The Morgan fingerprint density at radius 1 is 1.57 bits per heavy atom. The van der Waals surface area contributed by atoms with E-state index in [0.717, 1.165) is 12.2 Å². The SMILES string of the molecule is CCCCSC(C)C(=O)N(C)CCO. The maximum atomic E-state index is 11.6. The van der Waals surface area contributed by atoms with Crippen LogP contribution in [0.25, 0.3) is 0 Å². The van der Waals surface area contributed by atoms with Crippen molar-refractivity contribution in [1.29, 1.82) is 0 Å². The summed E-state index contributed by atoms with van der Waals surface area (Å²) in [4.78, 5) is 13.2. The number of thioether (sulfide) groups is 1. The average Bonchev–Trinajstić information content (AvgIpc) is 2.17. The van der Waals surface area contributed by atoms with Gasteiger partial charge in [0.25, 0.3) is 0 Å². The van der Waals surface area contributed by atoms with Crippen LogP contribution < -0.4 is 0 Å². The van der Waals surface area contributed by atoms with E-state index in [0.29, 0.717) is 6.54 Å². The maximum Gasteiger partial charge on any atom is 0.235 e. The molecule has 0 bridgehead atoms. The first-order chi connectivity index (χ1) is 6.63. The third-order valence-electron chi connectivity index (χ3n) is 2.03. The van der Waals surface area contributed by atoms with Crippen molar-refractivity contribution in [3.63, 3.8) is 0 Å². The fourth-order valence-corrected chi connectivity index (χ4v) is 2.18. The van der Waals surface area contributed by atoms with E-state index in [9.17, 15) is 4.79 Å². The predicted molar refractivity (Wildman–Crippen MR) is 61.6 cm³/mol.